The molecule has 0 saturated carbocycles. The second-order valence-electron chi connectivity index (χ2n) is 6.87. The molecule has 7 nitrogen and oxygen atoms in total. The van der Waals surface area contributed by atoms with Gasteiger partial charge in [0.15, 0.2) is 17.4 Å². The van der Waals surface area contributed by atoms with E-state index in [-0.39, 0.29) is 5.88 Å². The van der Waals surface area contributed by atoms with Gasteiger partial charge in [-0.3, -0.25) is 0 Å². The van der Waals surface area contributed by atoms with Gasteiger partial charge in [0.1, 0.15) is 23.2 Å². The zero-order chi connectivity index (χ0) is 19.2. The van der Waals surface area contributed by atoms with Crippen molar-refractivity contribution in [2.45, 2.75) is 31.7 Å². The SMILES string of the molecule is [C-]#[N+]c1ccc2c(c1)[C@@H](Oc1noc3ccc(OC)cc13)[C@H](O)C(C)(C)O2. The van der Waals surface area contributed by atoms with Crippen molar-refractivity contribution in [3.63, 3.8) is 0 Å². The van der Waals surface area contributed by atoms with E-state index < -0.39 is 17.8 Å². The van der Waals surface area contributed by atoms with Crippen molar-refractivity contribution in [2.24, 2.45) is 0 Å². The van der Waals surface area contributed by atoms with E-state index in [0.29, 0.717) is 33.7 Å². The summed E-state index contributed by atoms with van der Waals surface area (Å²) in [5.74, 6) is 1.44. The summed E-state index contributed by atoms with van der Waals surface area (Å²) in [6.07, 6.45) is -1.76. The smallest absolute Gasteiger partial charge is 0.262 e. The Morgan fingerprint density at radius 1 is 1.22 bits per heavy atom. The third kappa shape index (κ3) is 2.84. The van der Waals surface area contributed by atoms with E-state index in [1.165, 1.54) is 0 Å². The van der Waals surface area contributed by atoms with Gasteiger partial charge < -0.3 is 23.8 Å². The highest BCUT2D eigenvalue weighted by Gasteiger charge is 2.45. The number of methoxy groups -OCH3 is 1. The molecule has 0 saturated heterocycles. The maximum atomic E-state index is 10.9. The summed E-state index contributed by atoms with van der Waals surface area (Å²) in [5, 5.41) is 15.5. The molecule has 0 bridgehead atoms. The Bertz CT molecular complexity index is 1050. The van der Waals surface area contributed by atoms with Gasteiger partial charge in [-0.1, -0.05) is 6.07 Å². The predicted molar refractivity (Wildman–Crippen MR) is 97.3 cm³/mol. The molecule has 1 aliphatic rings. The van der Waals surface area contributed by atoms with Crippen LogP contribution >= 0.6 is 0 Å². The van der Waals surface area contributed by atoms with Gasteiger partial charge in [0.05, 0.1) is 19.1 Å². The number of ether oxygens (including phenoxy) is 3. The van der Waals surface area contributed by atoms with Gasteiger partial charge in [-0.25, -0.2) is 4.85 Å². The minimum atomic E-state index is -0.983. The summed E-state index contributed by atoms with van der Waals surface area (Å²) in [6.45, 7) is 10.8. The quantitative estimate of drug-likeness (QED) is 0.705. The zero-order valence-corrected chi connectivity index (χ0v) is 15.1. The van der Waals surface area contributed by atoms with Gasteiger partial charge in [0, 0.05) is 5.56 Å². The van der Waals surface area contributed by atoms with E-state index in [9.17, 15) is 5.11 Å². The highest BCUT2D eigenvalue weighted by atomic mass is 16.6. The van der Waals surface area contributed by atoms with Crippen molar-refractivity contribution in [1.29, 1.82) is 0 Å². The van der Waals surface area contributed by atoms with E-state index in [1.54, 1.807) is 57.4 Å². The Balaban J connectivity index is 1.80. The minimum Gasteiger partial charge on any atom is -0.497 e. The van der Waals surface area contributed by atoms with E-state index >= 15 is 0 Å². The van der Waals surface area contributed by atoms with Crippen LogP contribution < -0.4 is 14.2 Å². The first kappa shape index (κ1) is 17.2. The van der Waals surface area contributed by atoms with Crippen molar-refractivity contribution < 1.29 is 23.8 Å². The monoisotopic (exact) mass is 366 g/mol. The maximum absolute atomic E-state index is 10.9. The van der Waals surface area contributed by atoms with Crippen LogP contribution in [0.4, 0.5) is 5.69 Å². The predicted octanol–water partition coefficient (Wildman–Crippen LogP) is 4.04. The van der Waals surface area contributed by atoms with Crippen LogP contribution in [0.3, 0.4) is 0 Å². The molecule has 0 spiro atoms. The average molecular weight is 366 g/mol. The second kappa shape index (κ2) is 6.18. The molecule has 2 heterocycles. The summed E-state index contributed by atoms with van der Waals surface area (Å²) >= 11 is 0. The first-order chi connectivity index (χ1) is 12.9. The third-order valence-electron chi connectivity index (χ3n) is 4.68. The fourth-order valence-corrected chi connectivity index (χ4v) is 3.15. The normalized spacial score (nSPS) is 20.4. The van der Waals surface area contributed by atoms with Crippen LogP contribution in [0.2, 0.25) is 0 Å². The summed E-state index contributed by atoms with van der Waals surface area (Å²) in [6, 6.07) is 10.3. The van der Waals surface area contributed by atoms with Crippen molar-refractivity contribution in [3.05, 3.63) is 53.4 Å². The van der Waals surface area contributed by atoms with E-state index in [1.807, 2.05) is 0 Å². The Morgan fingerprint density at radius 2 is 2.04 bits per heavy atom. The molecule has 2 aromatic carbocycles. The van der Waals surface area contributed by atoms with Crippen LogP contribution in [-0.4, -0.2) is 29.1 Å². The molecule has 0 amide bonds. The largest absolute Gasteiger partial charge is 0.497 e. The Labute approximate surface area is 155 Å². The van der Waals surface area contributed by atoms with Crippen LogP contribution in [0.5, 0.6) is 17.4 Å². The molecule has 1 aliphatic heterocycles. The van der Waals surface area contributed by atoms with Crippen molar-refractivity contribution in [3.8, 4) is 17.4 Å². The standard InChI is InChI=1S/C20H18N2O5/c1-20(2)18(23)17(13-9-11(21-3)5-7-15(13)26-20)25-19-14-10-12(24-4)6-8-16(14)27-22-19/h5-10,17-18,23H,1-2,4H3/t17-,18+/m1/s1. The topological polar surface area (TPSA) is 78.3 Å². The number of fused-ring (bicyclic) bond motifs is 2. The lowest BCUT2D eigenvalue weighted by atomic mass is 9.88. The fourth-order valence-electron chi connectivity index (χ4n) is 3.15. The molecule has 0 fully saturated rings. The van der Waals surface area contributed by atoms with Crippen molar-refractivity contribution in [1.82, 2.24) is 5.16 Å². The number of rotatable bonds is 3. The molecule has 0 radical (unpaired) electrons. The highest BCUT2D eigenvalue weighted by molar-refractivity contribution is 5.83. The van der Waals surface area contributed by atoms with Crippen LogP contribution in [-0.2, 0) is 0 Å². The first-order valence-electron chi connectivity index (χ1n) is 8.41. The van der Waals surface area contributed by atoms with Gasteiger partial charge in [-0.15, -0.1) is 0 Å². The molecule has 1 aromatic heterocycles. The molecule has 1 N–H and O–H groups in total. The van der Waals surface area contributed by atoms with Gasteiger partial charge in [-0.05, 0) is 49.3 Å². The summed E-state index contributed by atoms with van der Waals surface area (Å²) in [4.78, 5) is 3.45. The second-order valence-corrected chi connectivity index (χ2v) is 6.87. The highest BCUT2D eigenvalue weighted by Crippen LogP contribution is 2.44. The van der Waals surface area contributed by atoms with E-state index in [2.05, 4.69) is 10.0 Å². The number of nitrogens with zero attached hydrogens (tertiary/aromatic N) is 2. The molecule has 27 heavy (non-hydrogen) atoms. The lowest BCUT2D eigenvalue weighted by Crippen LogP contribution is -2.50. The van der Waals surface area contributed by atoms with Gasteiger partial charge in [-0.2, -0.15) is 0 Å². The first-order valence-corrected chi connectivity index (χ1v) is 8.41. The van der Waals surface area contributed by atoms with E-state index in [0.717, 1.165) is 0 Å². The Kier molecular flexibility index (Phi) is 3.93. The molecule has 2 atom stereocenters. The van der Waals surface area contributed by atoms with Crippen LogP contribution in [0.25, 0.3) is 15.8 Å². The number of aromatic nitrogens is 1. The number of hydrogen-bond donors (Lipinski definition) is 1. The number of hydrogen-bond acceptors (Lipinski definition) is 6. The third-order valence-corrected chi connectivity index (χ3v) is 4.68. The molecule has 138 valence electrons. The van der Waals surface area contributed by atoms with Crippen LogP contribution in [0, 0.1) is 6.57 Å². The van der Waals surface area contributed by atoms with Crippen LogP contribution in [0.15, 0.2) is 40.9 Å². The Hall–Kier alpha value is -3.24. The molecule has 4 rings (SSSR count). The van der Waals surface area contributed by atoms with Crippen molar-refractivity contribution >= 4 is 16.7 Å². The fraction of sp³-hybridized carbons (Fsp3) is 0.300. The van der Waals surface area contributed by atoms with Gasteiger partial charge in [0.25, 0.3) is 5.88 Å². The summed E-state index contributed by atoms with van der Waals surface area (Å²) in [5.41, 5.74) is 0.690. The lowest BCUT2D eigenvalue weighted by Gasteiger charge is -2.41. The van der Waals surface area contributed by atoms with Gasteiger partial charge in [0.2, 0.25) is 0 Å². The molecule has 3 aromatic rings. The van der Waals surface area contributed by atoms with E-state index in [4.69, 9.17) is 25.3 Å². The number of aliphatic hydroxyl groups is 1. The lowest BCUT2D eigenvalue weighted by molar-refractivity contribution is -0.104. The van der Waals surface area contributed by atoms with Crippen LogP contribution in [0.1, 0.15) is 25.5 Å². The molecule has 0 aliphatic carbocycles. The number of aliphatic hydroxyl groups excluding tert-OH is 1. The minimum absolute atomic E-state index is 0.241. The average Bonchev–Trinajstić information content (AvgIpc) is 3.07. The molecule has 7 heteroatoms. The van der Waals surface area contributed by atoms with Crippen molar-refractivity contribution in [2.75, 3.05) is 7.11 Å². The molecular formula is C20H18N2O5. The summed E-state index contributed by atoms with van der Waals surface area (Å²) in [7, 11) is 1.57. The van der Waals surface area contributed by atoms with Gasteiger partial charge >= 0.3 is 0 Å². The molecule has 0 unspecified atom stereocenters. The number of benzene rings is 2. The zero-order valence-electron chi connectivity index (χ0n) is 15.1. The molecular weight excluding hydrogens is 348 g/mol. The Morgan fingerprint density at radius 3 is 2.78 bits per heavy atom. The summed E-state index contributed by atoms with van der Waals surface area (Å²) < 4.78 is 22.6. The maximum Gasteiger partial charge on any atom is 0.262 e.